The predicted molar refractivity (Wildman–Crippen MR) is 77.6 cm³/mol. The zero-order valence-corrected chi connectivity index (χ0v) is 12.1. The van der Waals surface area contributed by atoms with Crippen molar-refractivity contribution in [2.45, 2.75) is 20.0 Å². The van der Waals surface area contributed by atoms with Gasteiger partial charge in [-0.1, -0.05) is 24.3 Å². The van der Waals surface area contributed by atoms with Crippen LogP contribution in [0.15, 0.2) is 42.5 Å². The number of aryl methyl sites for hydroxylation is 1. The Hall–Kier alpha value is -2.36. The van der Waals surface area contributed by atoms with Crippen molar-refractivity contribution in [3.8, 4) is 5.75 Å². The van der Waals surface area contributed by atoms with E-state index in [2.05, 4.69) is 4.74 Å². The van der Waals surface area contributed by atoms with Crippen LogP contribution in [0.2, 0.25) is 0 Å². The van der Waals surface area contributed by atoms with Gasteiger partial charge < -0.3 is 9.47 Å². The highest BCUT2D eigenvalue weighted by atomic mass is 19.1. The molecule has 0 aliphatic carbocycles. The highest BCUT2D eigenvalue weighted by Crippen LogP contribution is 2.21. The summed E-state index contributed by atoms with van der Waals surface area (Å²) in [6.45, 7) is 2.11. The average Bonchev–Trinajstić information content (AvgIpc) is 2.47. The van der Waals surface area contributed by atoms with E-state index in [4.69, 9.17) is 4.74 Å². The van der Waals surface area contributed by atoms with Gasteiger partial charge in [0.1, 0.15) is 18.2 Å². The van der Waals surface area contributed by atoms with Crippen molar-refractivity contribution in [2.24, 2.45) is 0 Å². The van der Waals surface area contributed by atoms with Gasteiger partial charge in [0, 0.05) is 0 Å². The summed E-state index contributed by atoms with van der Waals surface area (Å²) in [6.07, 6.45) is 0.207. The molecule has 0 radical (unpaired) electrons. The molecule has 0 heterocycles. The number of hydrogen-bond donors (Lipinski definition) is 0. The minimum atomic E-state index is -0.291. The van der Waals surface area contributed by atoms with Gasteiger partial charge >= 0.3 is 5.97 Å². The second-order valence-electron chi connectivity index (χ2n) is 4.72. The summed E-state index contributed by atoms with van der Waals surface area (Å²) < 4.78 is 23.4. The smallest absolute Gasteiger partial charge is 0.309 e. The van der Waals surface area contributed by atoms with Gasteiger partial charge in [-0.25, -0.2) is 4.39 Å². The molecule has 0 bridgehead atoms. The minimum Gasteiger partial charge on any atom is -0.489 e. The molecule has 0 aromatic heterocycles. The highest BCUT2D eigenvalue weighted by molar-refractivity contribution is 5.72. The summed E-state index contributed by atoms with van der Waals surface area (Å²) in [5.74, 6) is 0.0515. The predicted octanol–water partition coefficient (Wildman–Crippen LogP) is 3.43. The Morgan fingerprint density at radius 1 is 1.14 bits per heavy atom. The number of esters is 1. The van der Waals surface area contributed by atoms with E-state index in [1.807, 2.05) is 24.3 Å². The zero-order chi connectivity index (χ0) is 15.2. The largest absolute Gasteiger partial charge is 0.489 e. The topological polar surface area (TPSA) is 35.5 Å². The number of hydrogen-bond acceptors (Lipinski definition) is 3. The van der Waals surface area contributed by atoms with E-state index >= 15 is 0 Å². The summed E-state index contributed by atoms with van der Waals surface area (Å²) in [5.41, 5.74) is 2.51. The van der Waals surface area contributed by atoms with Crippen LogP contribution in [-0.2, 0) is 22.6 Å². The lowest BCUT2D eigenvalue weighted by Gasteiger charge is -2.12. The van der Waals surface area contributed by atoms with Crippen molar-refractivity contribution < 1.29 is 18.7 Å². The van der Waals surface area contributed by atoms with Gasteiger partial charge in [0.15, 0.2) is 0 Å². The molecule has 21 heavy (non-hydrogen) atoms. The van der Waals surface area contributed by atoms with Crippen LogP contribution in [0.25, 0.3) is 0 Å². The van der Waals surface area contributed by atoms with Gasteiger partial charge in [0.25, 0.3) is 0 Å². The molecule has 0 aliphatic rings. The number of carbonyl (C=O) groups excluding carboxylic acids is 1. The van der Waals surface area contributed by atoms with Crippen LogP contribution in [-0.4, -0.2) is 13.1 Å². The third-order valence-corrected chi connectivity index (χ3v) is 3.20. The lowest BCUT2D eigenvalue weighted by molar-refractivity contribution is -0.139. The summed E-state index contributed by atoms with van der Waals surface area (Å²) in [5, 5.41) is 0. The third-order valence-electron chi connectivity index (χ3n) is 3.20. The van der Waals surface area contributed by atoms with Gasteiger partial charge in [-0.3, -0.25) is 4.79 Å². The first-order valence-electron chi connectivity index (χ1n) is 6.62. The van der Waals surface area contributed by atoms with Crippen LogP contribution < -0.4 is 4.74 Å². The SMILES string of the molecule is COC(=O)Cc1ccccc1COc1ccc(F)cc1C. The first kappa shape index (κ1) is 15.0. The zero-order valence-electron chi connectivity index (χ0n) is 12.1. The molecule has 2 rings (SSSR count). The number of halogens is 1. The number of ether oxygens (including phenoxy) is 2. The van der Waals surface area contributed by atoms with Crippen LogP contribution >= 0.6 is 0 Å². The van der Waals surface area contributed by atoms with Gasteiger partial charge in [-0.15, -0.1) is 0 Å². The number of carbonyl (C=O) groups is 1. The Balaban J connectivity index is 2.11. The van der Waals surface area contributed by atoms with E-state index in [0.29, 0.717) is 12.4 Å². The number of benzene rings is 2. The van der Waals surface area contributed by atoms with Gasteiger partial charge in [0.2, 0.25) is 0 Å². The Morgan fingerprint density at radius 3 is 2.52 bits per heavy atom. The fourth-order valence-electron chi connectivity index (χ4n) is 2.03. The second-order valence-corrected chi connectivity index (χ2v) is 4.72. The lowest BCUT2D eigenvalue weighted by Crippen LogP contribution is -2.08. The van der Waals surface area contributed by atoms with Crippen LogP contribution in [0.1, 0.15) is 16.7 Å². The van der Waals surface area contributed by atoms with Crippen LogP contribution in [0.5, 0.6) is 5.75 Å². The first-order valence-corrected chi connectivity index (χ1v) is 6.62. The molecule has 0 saturated heterocycles. The van der Waals surface area contributed by atoms with Crippen molar-refractivity contribution >= 4 is 5.97 Å². The Kier molecular flexibility index (Phi) is 4.93. The maximum Gasteiger partial charge on any atom is 0.309 e. The summed E-state index contributed by atoms with van der Waals surface area (Å²) in [7, 11) is 1.36. The summed E-state index contributed by atoms with van der Waals surface area (Å²) in [6, 6.07) is 11.9. The molecule has 2 aromatic carbocycles. The van der Waals surface area contributed by atoms with E-state index in [-0.39, 0.29) is 18.2 Å². The Labute approximate surface area is 123 Å². The molecular weight excluding hydrogens is 271 g/mol. The molecule has 0 N–H and O–H groups in total. The molecule has 0 amide bonds. The molecule has 0 atom stereocenters. The Bertz CT molecular complexity index is 638. The fourth-order valence-corrected chi connectivity index (χ4v) is 2.03. The molecule has 3 nitrogen and oxygen atoms in total. The molecule has 0 saturated carbocycles. The highest BCUT2D eigenvalue weighted by Gasteiger charge is 2.09. The second kappa shape index (κ2) is 6.88. The standard InChI is InChI=1S/C17H17FO3/c1-12-9-15(18)7-8-16(12)21-11-14-6-4-3-5-13(14)10-17(19)20-2/h3-9H,10-11H2,1-2H3. The molecule has 0 fully saturated rings. The molecule has 0 spiro atoms. The van der Waals surface area contributed by atoms with Crippen LogP contribution in [0, 0.1) is 12.7 Å². The number of methoxy groups -OCH3 is 1. The monoisotopic (exact) mass is 288 g/mol. The summed E-state index contributed by atoms with van der Waals surface area (Å²) >= 11 is 0. The van der Waals surface area contributed by atoms with E-state index in [1.54, 1.807) is 13.0 Å². The molecule has 0 unspecified atom stereocenters. The molecule has 110 valence electrons. The van der Waals surface area contributed by atoms with Crippen LogP contribution in [0.3, 0.4) is 0 Å². The van der Waals surface area contributed by atoms with E-state index in [1.165, 1.54) is 19.2 Å². The molecule has 0 aliphatic heterocycles. The van der Waals surface area contributed by atoms with Crippen molar-refractivity contribution in [3.63, 3.8) is 0 Å². The quantitative estimate of drug-likeness (QED) is 0.791. The maximum atomic E-state index is 13.1. The van der Waals surface area contributed by atoms with E-state index in [9.17, 15) is 9.18 Å². The van der Waals surface area contributed by atoms with Crippen LogP contribution in [0.4, 0.5) is 4.39 Å². The molecular formula is C17H17FO3. The van der Waals surface area contributed by atoms with Crippen molar-refractivity contribution in [1.82, 2.24) is 0 Å². The maximum absolute atomic E-state index is 13.1. The average molecular weight is 288 g/mol. The van der Waals surface area contributed by atoms with E-state index < -0.39 is 0 Å². The van der Waals surface area contributed by atoms with Gasteiger partial charge in [-0.2, -0.15) is 0 Å². The van der Waals surface area contributed by atoms with Crippen molar-refractivity contribution in [2.75, 3.05) is 7.11 Å². The van der Waals surface area contributed by atoms with Crippen molar-refractivity contribution in [1.29, 1.82) is 0 Å². The first-order chi connectivity index (χ1) is 10.1. The molecule has 2 aromatic rings. The van der Waals surface area contributed by atoms with E-state index in [0.717, 1.165) is 16.7 Å². The number of rotatable bonds is 5. The van der Waals surface area contributed by atoms with Gasteiger partial charge in [0.05, 0.1) is 13.5 Å². The van der Waals surface area contributed by atoms with Crippen molar-refractivity contribution in [3.05, 3.63) is 65.0 Å². The summed E-state index contributed by atoms with van der Waals surface area (Å²) in [4.78, 5) is 11.4. The Morgan fingerprint density at radius 2 is 1.86 bits per heavy atom. The minimum absolute atomic E-state index is 0.207. The lowest BCUT2D eigenvalue weighted by atomic mass is 10.1. The third kappa shape index (κ3) is 4.05. The fraction of sp³-hybridized carbons (Fsp3) is 0.235. The normalized spacial score (nSPS) is 10.2. The van der Waals surface area contributed by atoms with Gasteiger partial charge in [-0.05, 0) is 41.8 Å². The molecule has 4 heteroatoms.